The molecule has 30 heavy (non-hydrogen) atoms. The molecule has 10 heteroatoms. The number of carbonyl (C=O) groups excluding carboxylic acids is 1. The van der Waals surface area contributed by atoms with E-state index in [-0.39, 0.29) is 17.7 Å². The van der Waals surface area contributed by atoms with E-state index in [4.69, 9.17) is 4.74 Å². The first-order valence-corrected chi connectivity index (χ1v) is 9.50. The van der Waals surface area contributed by atoms with Gasteiger partial charge in [0.2, 0.25) is 0 Å². The number of halogens is 1. The average molecular weight is 407 g/mol. The van der Waals surface area contributed by atoms with Crippen LogP contribution in [0.5, 0.6) is 0 Å². The number of amides is 1. The molecule has 0 radical (unpaired) electrons. The van der Waals surface area contributed by atoms with Gasteiger partial charge in [-0.15, -0.1) is 0 Å². The summed E-state index contributed by atoms with van der Waals surface area (Å²) in [5.41, 5.74) is 2.47. The highest BCUT2D eigenvalue weighted by atomic mass is 19.1. The van der Waals surface area contributed by atoms with Gasteiger partial charge >= 0.3 is 0 Å². The second-order valence-corrected chi connectivity index (χ2v) is 7.11. The highest BCUT2D eigenvalue weighted by Crippen LogP contribution is 2.24. The number of morpholine rings is 1. The number of aromatic amines is 1. The Bertz CT molecular complexity index is 1220. The van der Waals surface area contributed by atoms with Gasteiger partial charge in [0, 0.05) is 24.8 Å². The van der Waals surface area contributed by atoms with Crippen molar-refractivity contribution in [2.75, 3.05) is 19.7 Å². The highest BCUT2D eigenvalue weighted by molar-refractivity contribution is 5.93. The van der Waals surface area contributed by atoms with Crippen LogP contribution in [0.15, 0.2) is 43.0 Å². The van der Waals surface area contributed by atoms with Crippen molar-refractivity contribution in [3.63, 3.8) is 0 Å². The molecule has 4 aromatic rings. The minimum Gasteiger partial charge on any atom is -0.375 e. The fourth-order valence-electron chi connectivity index (χ4n) is 3.58. The number of hydrogen-bond acceptors (Lipinski definition) is 6. The van der Waals surface area contributed by atoms with Crippen molar-refractivity contribution in [3.8, 4) is 17.1 Å². The summed E-state index contributed by atoms with van der Waals surface area (Å²) in [7, 11) is 0. The number of aromatic nitrogens is 6. The van der Waals surface area contributed by atoms with E-state index in [9.17, 15) is 9.18 Å². The van der Waals surface area contributed by atoms with Gasteiger partial charge in [0.05, 0.1) is 24.6 Å². The minimum absolute atomic E-state index is 0.00740. The zero-order valence-electron chi connectivity index (χ0n) is 16.1. The fraction of sp³-hybridized carbons (Fsp3) is 0.250. The average Bonchev–Trinajstić information content (AvgIpc) is 3.42. The third kappa shape index (κ3) is 3.30. The maximum absolute atomic E-state index is 14.2. The first-order chi connectivity index (χ1) is 14.6. The largest absolute Gasteiger partial charge is 0.375 e. The summed E-state index contributed by atoms with van der Waals surface area (Å²) in [4.78, 5) is 27.5. The molecule has 0 bridgehead atoms. The zero-order chi connectivity index (χ0) is 20.7. The van der Waals surface area contributed by atoms with Gasteiger partial charge in [0.1, 0.15) is 23.4 Å². The normalized spacial score (nSPS) is 16.9. The Labute approximate surface area is 170 Å². The smallest absolute Gasteiger partial charge is 0.274 e. The van der Waals surface area contributed by atoms with Crippen molar-refractivity contribution in [2.24, 2.45) is 0 Å². The van der Waals surface area contributed by atoms with E-state index in [0.717, 1.165) is 0 Å². The second-order valence-electron chi connectivity index (χ2n) is 7.11. The third-order valence-corrected chi connectivity index (χ3v) is 4.99. The van der Waals surface area contributed by atoms with E-state index in [1.807, 2.05) is 6.92 Å². The minimum atomic E-state index is -0.415. The lowest BCUT2D eigenvalue weighted by atomic mass is 10.2. The second kappa shape index (κ2) is 7.30. The Morgan fingerprint density at radius 1 is 1.30 bits per heavy atom. The summed E-state index contributed by atoms with van der Waals surface area (Å²) < 4.78 is 21.5. The Balaban J connectivity index is 1.50. The number of nitrogens with one attached hydrogen (secondary N) is 1. The van der Waals surface area contributed by atoms with Crippen LogP contribution in [0.1, 0.15) is 17.4 Å². The van der Waals surface area contributed by atoms with Crippen LogP contribution in [-0.2, 0) is 4.74 Å². The Kier molecular flexibility index (Phi) is 4.47. The van der Waals surface area contributed by atoms with Crippen molar-refractivity contribution < 1.29 is 13.9 Å². The summed E-state index contributed by atoms with van der Waals surface area (Å²) in [6, 6.07) is 6.30. The molecule has 0 unspecified atom stereocenters. The van der Waals surface area contributed by atoms with Gasteiger partial charge < -0.3 is 9.64 Å². The number of carbonyl (C=O) groups is 1. The molecule has 152 valence electrons. The topological polar surface area (TPSA) is 102 Å². The van der Waals surface area contributed by atoms with Gasteiger partial charge in [-0.25, -0.2) is 19.3 Å². The molecule has 1 atom stereocenters. The van der Waals surface area contributed by atoms with Gasteiger partial charge in [0.25, 0.3) is 5.91 Å². The van der Waals surface area contributed by atoms with Crippen LogP contribution < -0.4 is 0 Å². The number of benzene rings is 1. The fourth-order valence-corrected chi connectivity index (χ4v) is 3.58. The Morgan fingerprint density at radius 3 is 3.00 bits per heavy atom. The molecule has 5 rings (SSSR count). The van der Waals surface area contributed by atoms with Crippen molar-refractivity contribution in [2.45, 2.75) is 13.0 Å². The van der Waals surface area contributed by atoms with Gasteiger partial charge in [-0.2, -0.15) is 5.10 Å². The molecule has 1 saturated heterocycles. The lowest BCUT2D eigenvalue weighted by Crippen LogP contribution is -2.44. The molecule has 0 aliphatic carbocycles. The standard InChI is InChI=1S/C20H18FN7O2/c1-12-10-27(4-5-30-12)20(29)17-9-22-19-16(25-17)2-3-28(19)15-7-13(6-14(21)8-15)18-23-11-24-26-18/h2-3,6-9,11-12H,4-5,10H2,1H3,(H,23,24,26)/t12-/m1/s1. The van der Waals surface area contributed by atoms with E-state index in [2.05, 4.69) is 25.1 Å². The molecular weight excluding hydrogens is 389 g/mol. The van der Waals surface area contributed by atoms with E-state index in [1.54, 1.807) is 27.8 Å². The first kappa shape index (κ1) is 18.4. The molecule has 1 amide bonds. The van der Waals surface area contributed by atoms with Gasteiger partial charge in [0.15, 0.2) is 11.5 Å². The van der Waals surface area contributed by atoms with E-state index < -0.39 is 5.82 Å². The molecule has 1 aliphatic heterocycles. The number of H-pyrrole nitrogens is 1. The van der Waals surface area contributed by atoms with Gasteiger partial charge in [-0.3, -0.25) is 14.5 Å². The summed E-state index contributed by atoms with van der Waals surface area (Å²) in [6.45, 7) is 3.48. The third-order valence-electron chi connectivity index (χ3n) is 4.99. The van der Waals surface area contributed by atoms with Gasteiger partial charge in [-0.1, -0.05) is 0 Å². The van der Waals surface area contributed by atoms with Crippen LogP contribution >= 0.6 is 0 Å². The van der Waals surface area contributed by atoms with Crippen LogP contribution in [-0.4, -0.2) is 66.3 Å². The van der Waals surface area contributed by atoms with Crippen LogP contribution in [0.2, 0.25) is 0 Å². The van der Waals surface area contributed by atoms with Crippen LogP contribution in [0.25, 0.3) is 28.2 Å². The van der Waals surface area contributed by atoms with Gasteiger partial charge in [-0.05, 0) is 31.2 Å². The molecule has 1 fully saturated rings. The summed E-state index contributed by atoms with van der Waals surface area (Å²) >= 11 is 0. The van der Waals surface area contributed by atoms with Crippen LogP contribution in [0.3, 0.4) is 0 Å². The quantitative estimate of drug-likeness (QED) is 0.559. The zero-order valence-corrected chi connectivity index (χ0v) is 16.1. The van der Waals surface area contributed by atoms with E-state index in [0.29, 0.717) is 47.9 Å². The maximum atomic E-state index is 14.2. The van der Waals surface area contributed by atoms with Crippen molar-refractivity contribution in [1.82, 2.24) is 34.6 Å². The predicted octanol–water partition coefficient (Wildman–Crippen LogP) is 2.21. The number of rotatable bonds is 3. The molecule has 3 aromatic heterocycles. The number of nitrogens with zero attached hydrogens (tertiary/aromatic N) is 6. The Hall–Kier alpha value is -3.66. The van der Waals surface area contributed by atoms with E-state index >= 15 is 0 Å². The molecular formula is C20H18FN7O2. The predicted molar refractivity (Wildman–Crippen MR) is 106 cm³/mol. The molecule has 1 N–H and O–H groups in total. The van der Waals surface area contributed by atoms with Crippen LogP contribution in [0, 0.1) is 5.82 Å². The van der Waals surface area contributed by atoms with Crippen molar-refractivity contribution >= 4 is 17.1 Å². The summed E-state index contributed by atoms with van der Waals surface area (Å²) in [6.07, 6.45) is 4.56. The lowest BCUT2D eigenvalue weighted by Gasteiger charge is -2.30. The molecule has 1 aromatic carbocycles. The first-order valence-electron chi connectivity index (χ1n) is 9.50. The molecule has 4 heterocycles. The molecule has 9 nitrogen and oxygen atoms in total. The highest BCUT2D eigenvalue weighted by Gasteiger charge is 2.24. The molecule has 0 saturated carbocycles. The Morgan fingerprint density at radius 2 is 2.20 bits per heavy atom. The monoisotopic (exact) mass is 407 g/mol. The maximum Gasteiger partial charge on any atom is 0.274 e. The molecule has 1 aliphatic rings. The van der Waals surface area contributed by atoms with Crippen molar-refractivity contribution in [3.05, 3.63) is 54.5 Å². The summed E-state index contributed by atoms with van der Waals surface area (Å²) in [5, 5.41) is 6.54. The number of ether oxygens (including phenoxy) is 1. The number of fused-ring (bicyclic) bond motifs is 1. The SMILES string of the molecule is C[C@@H]1CN(C(=O)c2cnc3c(ccn3-c3cc(F)cc(-c4ncn[nH]4)c3)n2)CCO1. The number of hydrogen-bond donors (Lipinski definition) is 1. The van der Waals surface area contributed by atoms with E-state index in [1.165, 1.54) is 24.7 Å². The van der Waals surface area contributed by atoms with Crippen molar-refractivity contribution in [1.29, 1.82) is 0 Å². The lowest BCUT2D eigenvalue weighted by molar-refractivity contribution is -0.0126. The summed E-state index contributed by atoms with van der Waals surface area (Å²) in [5.74, 6) is -0.126. The van der Waals surface area contributed by atoms with Crippen LogP contribution in [0.4, 0.5) is 4.39 Å². The molecule has 0 spiro atoms.